The number of anilines is 1. The Morgan fingerprint density at radius 1 is 1.33 bits per heavy atom. The summed E-state index contributed by atoms with van der Waals surface area (Å²) >= 11 is 3.32. The average Bonchev–Trinajstić information content (AvgIpc) is 2.65. The van der Waals surface area contributed by atoms with Crippen molar-refractivity contribution in [2.75, 3.05) is 5.06 Å². The molecule has 0 amide bonds. The fraction of sp³-hybridized carbons (Fsp3) is 0.364. The smallest absolute Gasteiger partial charge is 0.157 e. The number of hydrogen-bond donors (Lipinski definition) is 1. The van der Waals surface area contributed by atoms with Crippen molar-refractivity contribution in [3.8, 4) is 0 Å². The Morgan fingerprint density at radius 2 is 2.00 bits per heavy atom. The van der Waals surface area contributed by atoms with E-state index in [1.165, 1.54) is 0 Å². The van der Waals surface area contributed by atoms with Crippen molar-refractivity contribution in [1.82, 2.24) is 0 Å². The van der Waals surface area contributed by atoms with Crippen LogP contribution in [0.2, 0.25) is 0 Å². The number of hydroxylamine groups is 1. The van der Waals surface area contributed by atoms with Crippen molar-refractivity contribution in [1.29, 1.82) is 0 Å². The van der Waals surface area contributed by atoms with Gasteiger partial charge in [-0.3, -0.25) is 10.0 Å². The summed E-state index contributed by atoms with van der Waals surface area (Å²) in [6.07, 6.45) is 2.20. The first-order chi connectivity index (χ1) is 7.18. The zero-order valence-electron chi connectivity index (χ0n) is 8.19. The molecular weight excluding hydrogens is 258 g/mol. The van der Waals surface area contributed by atoms with Crippen LogP contribution in [-0.2, 0) is 4.79 Å². The number of nitrogens with zero attached hydrogens (tertiary/aromatic N) is 1. The first-order valence-corrected chi connectivity index (χ1v) is 5.74. The molecule has 0 heterocycles. The van der Waals surface area contributed by atoms with Gasteiger partial charge >= 0.3 is 0 Å². The van der Waals surface area contributed by atoms with Crippen LogP contribution < -0.4 is 5.06 Å². The number of carbonyl (C=O) groups excluding carboxylic acids is 1. The van der Waals surface area contributed by atoms with Crippen LogP contribution in [0, 0.1) is 0 Å². The van der Waals surface area contributed by atoms with Gasteiger partial charge in [0, 0.05) is 10.9 Å². The Hall–Kier alpha value is -0.870. The highest BCUT2D eigenvalue weighted by Gasteiger charge is 2.29. The van der Waals surface area contributed by atoms with E-state index in [0.717, 1.165) is 22.4 Å². The van der Waals surface area contributed by atoms with E-state index in [9.17, 15) is 10.0 Å². The van der Waals surface area contributed by atoms with Gasteiger partial charge in [-0.2, -0.15) is 0 Å². The lowest BCUT2D eigenvalue weighted by Crippen LogP contribution is -2.35. The molecule has 80 valence electrons. The summed E-state index contributed by atoms with van der Waals surface area (Å²) in [5.74, 6) is 0.125. The lowest BCUT2D eigenvalue weighted by molar-refractivity contribution is -0.119. The minimum atomic E-state index is -0.355. The van der Waals surface area contributed by atoms with Crippen LogP contribution in [0.15, 0.2) is 28.7 Å². The Kier molecular flexibility index (Phi) is 3.07. The lowest BCUT2D eigenvalue weighted by atomic mass is 10.2. The van der Waals surface area contributed by atoms with Gasteiger partial charge in [0.15, 0.2) is 5.78 Å². The largest absolute Gasteiger partial charge is 0.297 e. The van der Waals surface area contributed by atoms with Gasteiger partial charge in [-0.05, 0) is 37.1 Å². The van der Waals surface area contributed by atoms with Gasteiger partial charge in [0.25, 0.3) is 0 Å². The summed E-state index contributed by atoms with van der Waals surface area (Å²) < 4.78 is 0.956. The molecule has 1 atom stereocenters. The van der Waals surface area contributed by atoms with E-state index in [-0.39, 0.29) is 11.8 Å². The Bertz CT molecular complexity index is 363. The molecule has 1 aromatic rings. The predicted molar refractivity (Wildman–Crippen MR) is 61.1 cm³/mol. The normalized spacial score (nSPS) is 20.7. The van der Waals surface area contributed by atoms with Gasteiger partial charge in [-0.15, -0.1) is 0 Å². The van der Waals surface area contributed by atoms with Crippen molar-refractivity contribution < 1.29 is 10.0 Å². The van der Waals surface area contributed by atoms with E-state index >= 15 is 0 Å². The van der Waals surface area contributed by atoms with Crippen LogP contribution in [0.25, 0.3) is 0 Å². The van der Waals surface area contributed by atoms with Crippen molar-refractivity contribution in [3.05, 3.63) is 28.7 Å². The molecule has 0 bridgehead atoms. The van der Waals surface area contributed by atoms with E-state index in [0.29, 0.717) is 12.1 Å². The van der Waals surface area contributed by atoms with E-state index < -0.39 is 0 Å². The highest BCUT2D eigenvalue weighted by molar-refractivity contribution is 9.10. The zero-order chi connectivity index (χ0) is 10.8. The molecule has 0 aliphatic heterocycles. The van der Waals surface area contributed by atoms with Gasteiger partial charge in [-0.25, -0.2) is 5.06 Å². The third-order valence-electron chi connectivity index (χ3n) is 2.66. The average molecular weight is 270 g/mol. The first kappa shape index (κ1) is 10.6. The molecule has 1 aliphatic rings. The molecule has 1 aromatic carbocycles. The highest BCUT2D eigenvalue weighted by atomic mass is 79.9. The van der Waals surface area contributed by atoms with E-state index in [1.54, 1.807) is 12.1 Å². The van der Waals surface area contributed by atoms with Gasteiger partial charge < -0.3 is 0 Å². The van der Waals surface area contributed by atoms with Crippen molar-refractivity contribution in [2.24, 2.45) is 0 Å². The number of carbonyl (C=O) groups is 1. The van der Waals surface area contributed by atoms with Crippen LogP contribution in [0.3, 0.4) is 0 Å². The first-order valence-electron chi connectivity index (χ1n) is 4.95. The van der Waals surface area contributed by atoms with Gasteiger partial charge in [0.05, 0.1) is 5.69 Å². The molecule has 0 spiro atoms. The van der Waals surface area contributed by atoms with Crippen molar-refractivity contribution in [2.45, 2.75) is 25.3 Å². The summed E-state index contributed by atoms with van der Waals surface area (Å²) in [5, 5.41) is 11.0. The minimum Gasteiger partial charge on any atom is -0.297 e. The monoisotopic (exact) mass is 269 g/mol. The number of Topliss-reactive ketones (excluding diaryl/α,β-unsaturated/α-hetero) is 1. The van der Waals surface area contributed by atoms with Gasteiger partial charge in [0.2, 0.25) is 0 Å². The van der Waals surface area contributed by atoms with Crippen LogP contribution in [-0.4, -0.2) is 17.0 Å². The Labute approximate surface area is 96.8 Å². The third-order valence-corrected chi connectivity index (χ3v) is 3.19. The zero-order valence-corrected chi connectivity index (χ0v) is 9.77. The highest BCUT2D eigenvalue weighted by Crippen LogP contribution is 2.25. The van der Waals surface area contributed by atoms with Gasteiger partial charge in [0.1, 0.15) is 6.04 Å². The molecule has 3 nitrogen and oxygen atoms in total. The van der Waals surface area contributed by atoms with E-state index in [4.69, 9.17) is 0 Å². The van der Waals surface area contributed by atoms with Gasteiger partial charge in [-0.1, -0.05) is 15.9 Å². The molecular formula is C11H12BrNO2. The molecule has 15 heavy (non-hydrogen) atoms. The quantitative estimate of drug-likeness (QED) is 0.840. The molecule has 0 saturated heterocycles. The molecule has 1 saturated carbocycles. The van der Waals surface area contributed by atoms with Crippen molar-refractivity contribution >= 4 is 27.4 Å². The summed E-state index contributed by atoms with van der Waals surface area (Å²) in [6, 6.07) is 6.91. The van der Waals surface area contributed by atoms with Crippen molar-refractivity contribution in [3.63, 3.8) is 0 Å². The number of ketones is 1. The molecule has 1 aliphatic carbocycles. The molecule has 0 radical (unpaired) electrons. The molecule has 1 unspecified atom stereocenters. The number of halogens is 1. The predicted octanol–water partition coefficient (Wildman–Crippen LogP) is 2.77. The van der Waals surface area contributed by atoms with E-state index in [2.05, 4.69) is 15.9 Å². The maximum atomic E-state index is 11.4. The molecule has 0 aromatic heterocycles. The topological polar surface area (TPSA) is 40.5 Å². The summed E-state index contributed by atoms with van der Waals surface area (Å²) in [5.41, 5.74) is 0.665. The molecule has 2 rings (SSSR count). The second-order valence-corrected chi connectivity index (χ2v) is 4.61. The maximum Gasteiger partial charge on any atom is 0.157 e. The van der Waals surface area contributed by atoms with Crippen LogP contribution in [0.4, 0.5) is 5.69 Å². The number of hydrogen-bond acceptors (Lipinski definition) is 3. The Morgan fingerprint density at radius 3 is 2.53 bits per heavy atom. The summed E-state index contributed by atoms with van der Waals surface area (Å²) in [6.45, 7) is 0. The van der Waals surface area contributed by atoms with Crippen LogP contribution in [0.1, 0.15) is 19.3 Å². The van der Waals surface area contributed by atoms with Crippen LogP contribution in [0.5, 0.6) is 0 Å². The molecule has 4 heteroatoms. The maximum absolute atomic E-state index is 11.4. The third kappa shape index (κ3) is 2.21. The molecule has 1 N–H and O–H groups in total. The summed E-state index contributed by atoms with van der Waals surface area (Å²) in [4.78, 5) is 11.4. The summed E-state index contributed by atoms with van der Waals surface area (Å²) in [7, 11) is 0. The number of benzene rings is 1. The van der Waals surface area contributed by atoms with Crippen LogP contribution >= 0.6 is 15.9 Å². The Balaban J connectivity index is 2.16. The lowest BCUT2D eigenvalue weighted by Gasteiger charge is -2.22. The second kappa shape index (κ2) is 4.33. The second-order valence-electron chi connectivity index (χ2n) is 3.70. The van der Waals surface area contributed by atoms with E-state index in [1.807, 2.05) is 12.1 Å². The number of rotatable bonds is 2. The minimum absolute atomic E-state index is 0.125. The fourth-order valence-corrected chi connectivity index (χ4v) is 2.09. The SMILES string of the molecule is O=C1CCCC1N(O)c1ccc(Br)cc1. The molecule has 1 fully saturated rings. The standard InChI is InChI=1S/C11H12BrNO2/c12-8-4-6-9(7-5-8)13(15)10-2-1-3-11(10)14/h4-7,10,15H,1-3H2. The fourth-order valence-electron chi connectivity index (χ4n) is 1.83.